The first-order valence-electron chi connectivity index (χ1n) is 15.0. The molecule has 0 saturated heterocycles. The van der Waals surface area contributed by atoms with E-state index in [9.17, 15) is 0 Å². The van der Waals surface area contributed by atoms with Crippen molar-refractivity contribution in [1.29, 1.82) is 0 Å². The molecule has 3 aliphatic heterocycles. The fourth-order valence-electron chi connectivity index (χ4n) is 9.63. The van der Waals surface area contributed by atoms with Crippen LogP contribution in [0.3, 0.4) is 0 Å². The molecule has 0 N–H and O–H groups in total. The summed E-state index contributed by atoms with van der Waals surface area (Å²) in [4.78, 5) is 2.83. The summed E-state index contributed by atoms with van der Waals surface area (Å²) in [5.41, 5.74) is 14.7. The average molecular weight is 514 g/mol. The quantitative estimate of drug-likeness (QED) is 0.196. The van der Waals surface area contributed by atoms with Crippen LogP contribution < -0.4 is 21.3 Å². The number of anilines is 2. The van der Waals surface area contributed by atoms with Gasteiger partial charge >= 0.3 is 0 Å². The normalized spacial score (nSPS) is 23.6. The van der Waals surface area contributed by atoms with E-state index in [0.29, 0.717) is 0 Å². The minimum Gasteiger partial charge on any atom is -0.335 e. The highest BCUT2D eigenvalue weighted by molar-refractivity contribution is 7.00. The zero-order valence-corrected chi connectivity index (χ0v) is 23.4. The van der Waals surface area contributed by atoms with Gasteiger partial charge in [-0.3, -0.25) is 0 Å². The molecule has 10 rings (SSSR count). The van der Waals surface area contributed by atoms with Crippen LogP contribution in [0, 0.1) is 6.92 Å². The van der Waals surface area contributed by atoms with E-state index in [0.717, 1.165) is 0 Å². The molecule has 1 saturated carbocycles. The van der Waals surface area contributed by atoms with Gasteiger partial charge < -0.3 is 9.47 Å². The predicted octanol–water partition coefficient (Wildman–Crippen LogP) is 7.13. The Morgan fingerprint density at radius 2 is 1.45 bits per heavy atom. The first kappa shape index (κ1) is 21.8. The van der Waals surface area contributed by atoms with E-state index in [-0.39, 0.29) is 17.7 Å². The molecule has 0 amide bonds. The molecule has 0 radical (unpaired) electrons. The first-order chi connectivity index (χ1) is 19.5. The third-order valence-corrected chi connectivity index (χ3v) is 11.5. The highest BCUT2D eigenvalue weighted by Gasteiger charge is 2.61. The lowest BCUT2D eigenvalue weighted by molar-refractivity contribution is 0.195. The Morgan fingerprint density at radius 1 is 0.700 bits per heavy atom. The molecule has 0 spiro atoms. The Hall–Kier alpha value is -3.98. The second kappa shape index (κ2) is 6.83. The van der Waals surface area contributed by atoms with E-state index in [1.54, 1.807) is 5.56 Å². The summed E-state index contributed by atoms with van der Waals surface area (Å²) in [5, 5.41) is 5.37. The molecule has 2 nitrogen and oxygen atoms in total. The third kappa shape index (κ3) is 2.19. The van der Waals surface area contributed by atoms with Gasteiger partial charge in [0.15, 0.2) is 0 Å². The van der Waals surface area contributed by atoms with Crippen LogP contribution in [0.15, 0.2) is 84.9 Å². The fraction of sp³-hybridized carbons (Fsp3) is 0.243. The van der Waals surface area contributed by atoms with Gasteiger partial charge in [0.2, 0.25) is 0 Å². The van der Waals surface area contributed by atoms with Crippen molar-refractivity contribution in [3.63, 3.8) is 0 Å². The molecular formula is C37H31BN2. The number of aryl methyl sites for hydroxylation is 1. The maximum Gasteiger partial charge on any atom is 0.252 e. The molecule has 0 bridgehead atoms. The lowest BCUT2D eigenvalue weighted by atomic mass is 9.33. The molecule has 6 aromatic rings. The van der Waals surface area contributed by atoms with E-state index in [1.807, 2.05) is 0 Å². The van der Waals surface area contributed by atoms with Gasteiger partial charge in [-0.25, -0.2) is 0 Å². The van der Waals surface area contributed by atoms with Crippen molar-refractivity contribution < 1.29 is 0 Å². The SMILES string of the molecule is Cc1cc2c3c(c1)-n1c4c(cccc4c4ccc5ccccc5c41)B3c1cccc3c1N2C1(C)CCCCC31C. The van der Waals surface area contributed by atoms with Crippen molar-refractivity contribution in [2.45, 2.75) is 57.4 Å². The average Bonchev–Trinajstić information content (AvgIpc) is 3.42. The number of aromatic nitrogens is 1. The van der Waals surface area contributed by atoms with Crippen molar-refractivity contribution in [3.8, 4) is 5.69 Å². The number of hydrogen-bond donors (Lipinski definition) is 0. The molecule has 3 heteroatoms. The van der Waals surface area contributed by atoms with E-state index < -0.39 is 0 Å². The van der Waals surface area contributed by atoms with Gasteiger partial charge in [-0.15, -0.1) is 0 Å². The van der Waals surface area contributed by atoms with Crippen molar-refractivity contribution >= 4 is 67.1 Å². The van der Waals surface area contributed by atoms with Crippen molar-refractivity contribution in [2.24, 2.45) is 0 Å². The standard InChI is InChI=1S/C37H31BN2/c1-22-20-30-32-31(21-22)40-35-27(36(2)18-6-7-19-37(36,40)3)13-9-15-29(35)38(32)28-14-8-12-25-26-17-16-23-10-4-5-11-24(23)33(26)39(30)34(25)28/h4-5,8-17,20-21H,6-7,18-19H2,1-3H3. The summed E-state index contributed by atoms with van der Waals surface area (Å²) < 4.78 is 2.64. The largest absolute Gasteiger partial charge is 0.335 e. The van der Waals surface area contributed by atoms with Crippen LogP contribution in [-0.2, 0) is 5.41 Å². The predicted molar refractivity (Wildman–Crippen MR) is 170 cm³/mol. The van der Waals surface area contributed by atoms with Crippen molar-refractivity contribution in [2.75, 3.05) is 4.90 Å². The van der Waals surface area contributed by atoms with Gasteiger partial charge in [-0.05, 0) is 71.7 Å². The van der Waals surface area contributed by atoms with Crippen LogP contribution in [0.1, 0.15) is 50.7 Å². The van der Waals surface area contributed by atoms with Crippen molar-refractivity contribution in [3.05, 3.63) is 96.1 Å². The summed E-state index contributed by atoms with van der Waals surface area (Å²) in [5.74, 6) is 0. The second-order valence-corrected chi connectivity index (χ2v) is 13.3. The second-order valence-electron chi connectivity index (χ2n) is 13.3. The van der Waals surface area contributed by atoms with Crippen LogP contribution >= 0.6 is 0 Å². The van der Waals surface area contributed by atoms with E-state index in [2.05, 4.69) is 115 Å². The lowest BCUT2D eigenvalue weighted by Gasteiger charge is -2.52. The number of rotatable bonds is 0. The zero-order chi connectivity index (χ0) is 26.5. The molecule has 4 heterocycles. The molecule has 5 aromatic carbocycles. The molecule has 4 aliphatic rings. The van der Waals surface area contributed by atoms with E-state index in [4.69, 9.17) is 0 Å². The smallest absolute Gasteiger partial charge is 0.252 e. The molecule has 1 fully saturated rings. The van der Waals surface area contributed by atoms with Gasteiger partial charge in [-0.2, -0.15) is 0 Å². The third-order valence-electron chi connectivity index (χ3n) is 11.5. The number of nitrogens with zero attached hydrogens (tertiary/aromatic N) is 2. The van der Waals surface area contributed by atoms with Crippen LogP contribution in [-0.4, -0.2) is 16.8 Å². The molecule has 192 valence electrons. The van der Waals surface area contributed by atoms with Gasteiger partial charge in [0, 0.05) is 44.2 Å². The zero-order valence-electron chi connectivity index (χ0n) is 23.4. The molecule has 2 unspecified atom stereocenters. The van der Waals surface area contributed by atoms with Gasteiger partial charge in [0.1, 0.15) is 0 Å². The molecule has 1 aromatic heterocycles. The first-order valence-corrected chi connectivity index (χ1v) is 15.0. The maximum absolute atomic E-state index is 2.83. The number of hydrogen-bond acceptors (Lipinski definition) is 1. The Balaban J connectivity index is 1.43. The van der Waals surface area contributed by atoms with Gasteiger partial charge in [0.05, 0.1) is 11.1 Å². The maximum atomic E-state index is 2.83. The lowest BCUT2D eigenvalue weighted by Crippen LogP contribution is -2.64. The number of benzene rings is 5. The molecule has 40 heavy (non-hydrogen) atoms. The summed E-state index contributed by atoms with van der Waals surface area (Å²) in [6.07, 6.45) is 5.13. The topological polar surface area (TPSA) is 8.17 Å². The summed E-state index contributed by atoms with van der Waals surface area (Å²) in [6.45, 7) is 7.68. The fourth-order valence-corrected chi connectivity index (χ4v) is 9.63. The number of fused-ring (bicyclic) bond motifs is 12. The van der Waals surface area contributed by atoms with Crippen LogP contribution in [0.5, 0.6) is 0 Å². The highest BCUT2D eigenvalue weighted by Crippen LogP contribution is 2.61. The van der Waals surface area contributed by atoms with Crippen LogP contribution in [0.25, 0.3) is 38.3 Å². The minimum atomic E-state index is 0.0773. The Morgan fingerprint density at radius 3 is 2.38 bits per heavy atom. The highest BCUT2D eigenvalue weighted by atomic mass is 15.3. The van der Waals surface area contributed by atoms with E-state index >= 15 is 0 Å². The Labute approximate surface area is 235 Å². The Bertz CT molecular complexity index is 2140. The summed E-state index contributed by atoms with van der Waals surface area (Å²) in [7, 11) is 0. The monoisotopic (exact) mass is 514 g/mol. The molecular weight excluding hydrogens is 483 g/mol. The van der Waals surface area contributed by atoms with Gasteiger partial charge in [-0.1, -0.05) is 92.6 Å². The summed E-state index contributed by atoms with van der Waals surface area (Å²) >= 11 is 0. The number of para-hydroxylation sites is 2. The van der Waals surface area contributed by atoms with E-state index in [1.165, 1.54) is 97.3 Å². The van der Waals surface area contributed by atoms with Crippen LogP contribution in [0.4, 0.5) is 11.4 Å². The minimum absolute atomic E-state index is 0.0773. The van der Waals surface area contributed by atoms with Crippen molar-refractivity contribution in [1.82, 2.24) is 4.57 Å². The van der Waals surface area contributed by atoms with Gasteiger partial charge in [0.25, 0.3) is 6.71 Å². The molecule has 1 aliphatic carbocycles. The molecule has 2 atom stereocenters. The Kier molecular flexibility index (Phi) is 3.72. The summed E-state index contributed by atoms with van der Waals surface area (Å²) in [6, 6.07) is 32.9. The van der Waals surface area contributed by atoms with Crippen LogP contribution in [0.2, 0.25) is 0 Å².